The summed E-state index contributed by atoms with van der Waals surface area (Å²) < 4.78 is 53.8. The number of hydrogen-bond donors (Lipinski definition) is 0. The number of nitriles is 1. The van der Waals surface area contributed by atoms with Crippen molar-refractivity contribution in [2.24, 2.45) is 0 Å². The normalized spacial score (nSPS) is 11.2. The molecule has 0 atom stereocenters. The number of hydrogen-bond acceptors (Lipinski definition) is 5. The van der Waals surface area contributed by atoms with E-state index in [1.54, 1.807) is 24.4 Å². The molecular formula is C21H13F4N3OS. The van der Waals surface area contributed by atoms with Crippen LogP contribution >= 0.6 is 11.8 Å². The van der Waals surface area contributed by atoms with Gasteiger partial charge >= 0.3 is 6.18 Å². The Morgan fingerprint density at radius 3 is 2.50 bits per heavy atom. The van der Waals surface area contributed by atoms with E-state index >= 15 is 0 Å². The SMILES string of the molecule is N#Cc1c(C(F)(F)F)cc(-c2ccc(F)cc2)nc1SCC(=O)Cc1cccnc1. The van der Waals surface area contributed by atoms with E-state index in [2.05, 4.69) is 9.97 Å². The number of rotatable bonds is 6. The highest BCUT2D eigenvalue weighted by atomic mass is 32.2. The largest absolute Gasteiger partial charge is 0.417 e. The molecule has 3 rings (SSSR count). The molecule has 4 nitrogen and oxygen atoms in total. The second-order valence-corrected chi connectivity index (χ2v) is 7.18. The lowest BCUT2D eigenvalue weighted by Crippen LogP contribution is -2.12. The molecule has 2 aromatic heterocycles. The number of aromatic nitrogens is 2. The Labute approximate surface area is 173 Å². The van der Waals surface area contributed by atoms with Crippen molar-refractivity contribution in [3.63, 3.8) is 0 Å². The second kappa shape index (κ2) is 9.05. The van der Waals surface area contributed by atoms with E-state index in [0.29, 0.717) is 5.56 Å². The average Bonchev–Trinajstić information content (AvgIpc) is 2.72. The van der Waals surface area contributed by atoms with Gasteiger partial charge < -0.3 is 0 Å². The molecular weight excluding hydrogens is 418 g/mol. The van der Waals surface area contributed by atoms with Crippen LogP contribution in [0.5, 0.6) is 0 Å². The molecule has 0 aliphatic carbocycles. The molecule has 3 aromatic rings. The van der Waals surface area contributed by atoms with Crippen LogP contribution in [0.15, 0.2) is 59.9 Å². The summed E-state index contributed by atoms with van der Waals surface area (Å²) in [5, 5.41) is 9.11. The van der Waals surface area contributed by atoms with Crippen LogP contribution < -0.4 is 0 Å². The van der Waals surface area contributed by atoms with E-state index in [1.807, 2.05) is 0 Å². The van der Waals surface area contributed by atoms with Crippen LogP contribution in [0.3, 0.4) is 0 Å². The minimum Gasteiger partial charge on any atom is -0.298 e. The van der Waals surface area contributed by atoms with E-state index < -0.39 is 23.1 Å². The standard InChI is InChI=1S/C21H13F4N3OS/c22-15-5-3-14(4-6-15)19-9-18(21(23,24)25)17(10-26)20(28-19)30-12-16(29)8-13-2-1-7-27-11-13/h1-7,9,11H,8,12H2. The molecule has 0 bridgehead atoms. The Morgan fingerprint density at radius 2 is 1.90 bits per heavy atom. The fourth-order valence-electron chi connectivity index (χ4n) is 2.66. The molecule has 1 aromatic carbocycles. The monoisotopic (exact) mass is 431 g/mol. The number of carbonyl (C=O) groups excluding carboxylic acids is 1. The number of benzene rings is 1. The fourth-order valence-corrected chi connectivity index (χ4v) is 3.52. The van der Waals surface area contributed by atoms with Crippen LogP contribution in [-0.4, -0.2) is 21.5 Å². The van der Waals surface area contributed by atoms with Crippen molar-refractivity contribution < 1.29 is 22.4 Å². The highest BCUT2D eigenvalue weighted by Crippen LogP contribution is 2.38. The third-order valence-corrected chi connectivity index (χ3v) is 5.07. The van der Waals surface area contributed by atoms with Gasteiger partial charge in [-0.3, -0.25) is 9.78 Å². The number of carbonyl (C=O) groups is 1. The van der Waals surface area contributed by atoms with Gasteiger partial charge in [-0.05, 0) is 42.0 Å². The van der Waals surface area contributed by atoms with Crippen molar-refractivity contribution in [3.05, 3.63) is 77.4 Å². The molecule has 152 valence electrons. The Kier molecular flexibility index (Phi) is 6.47. The quantitative estimate of drug-likeness (QED) is 0.402. The second-order valence-electron chi connectivity index (χ2n) is 6.22. The Bertz CT molecular complexity index is 1090. The van der Waals surface area contributed by atoms with Gasteiger partial charge in [-0.25, -0.2) is 9.37 Å². The number of alkyl halides is 3. The number of thioether (sulfide) groups is 1. The molecule has 0 saturated heterocycles. The summed E-state index contributed by atoms with van der Waals surface area (Å²) in [5.41, 5.74) is -0.930. The van der Waals surface area contributed by atoms with E-state index in [4.69, 9.17) is 0 Å². The average molecular weight is 431 g/mol. The predicted molar refractivity (Wildman–Crippen MR) is 103 cm³/mol. The van der Waals surface area contributed by atoms with Gasteiger partial charge in [0.05, 0.1) is 22.6 Å². The van der Waals surface area contributed by atoms with Gasteiger partial charge in [0.1, 0.15) is 22.7 Å². The van der Waals surface area contributed by atoms with Crippen LogP contribution in [0.1, 0.15) is 16.7 Å². The van der Waals surface area contributed by atoms with Crippen LogP contribution in [0.2, 0.25) is 0 Å². The first-order valence-electron chi connectivity index (χ1n) is 8.59. The van der Waals surface area contributed by atoms with Gasteiger partial charge in [0, 0.05) is 24.4 Å². The summed E-state index contributed by atoms with van der Waals surface area (Å²) in [7, 11) is 0. The van der Waals surface area contributed by atoms with Crippen LogP contribution in [-0.2, 0) is 17.4 Å². The smallest absolute Gasteiger partial charge is 0.298 e. The van der Waals surface area contributed by atoms with Gasteiger partial charge in [-0.1, -0.05) is 17.8 Å². The third-order valence-electron chi connectivity index (χ3n) is 4.04. The highest BCUT2D eigenvalue weighted by Gasteiger charge is 2.36. The van der Waals surface area contributed by atoms with E-state index in [1.165, 1.54) is 18.3 Å². The lowest BCUT2D eigenvalue weighted by molar-refractivity contribution is -0.138. The van der Waals surface area contributed by atoms with Crippen molar-refractivity contribution in [2.45, 2.75) is 17.6 Å². The summed E-state index contributed by atoms with van der Waals surface area (Å²) in [6, 6.07) is 10.5. The Morgan fingerprint density at radius 1 is 1.17 bits per heavy atom. The third kappa shape index (κ3) is 5.21. The summed E-state index contributed by atoms with van der Waals surface area (Å²) in [6.45, 7) is 0. The van der Waals surface area contributed by atoms with Gasteiger partial charge in [0.25, 0.3) is 0 Å². The molecule has 0 N–H and O–H groups in total. The first kappa shape index (κ1) is 21.5. The number of halogens is 4. The maximum atomic E-state index is 13.5. The Hall–Kier alpha value is -3.25. The topological polar surface area (TPSA) is 66.6 Å². The van der Waals surface area contributed by atoms with Crippen LogP contribution in [0.25, 0.3) is 11.3 Å². The molecule has 30 heavy (non-hydrogen) atoms. The zero-order chi connectivity index (χ0) is 21.7. The maximum absolute atomic E-state index is 13.5. The van der Waals surface area contributed by atoms with E-state index in [-0.39, 0.29) is 34.2 Å². The molecule has 9 heteroatoms. The molecule has 0 unspecified atom stereocenters. The number of pyridine rings is 2. The van der Waals surface area contributed by atoms with Crippen molar-refractivity contribution in [2.75, 3.05) is 5.75 Å². The van der Waals surface area contributed by atoms with Crippen LogP contribution in [0.4, 0.5) is 17.6 Å². The van der Waals surface area contributed by atoms with Crippen molar-refractivity contribution in [1.29, 1.82) is 5.26 Å². The van der Waals surface area contributed by atoms with Crippen molar-refractivity contribution in [3.8, 4) is 17.3 Å². The first-order chi connectivity index (χ1) is 14.3. The van der Waals surface area contributed by atoms with Gasteiger partial charge in [0.2, 0.25) is 0 Å². The molecule has 0 aliphatic heterocycles. The molecule has 0 amide bonds. The molecule has 0 saturated carbocycles. The summed E-state index contributed by atoms with van der Waals surface area (Å²) >= 11 is 0.764. The fraction of sp³-hybridized carbons (Fsp3) is 0.143. The van der Waals surface area contributed by atoms with Gasteiger partial charge in [-0.2, -0.15) is 18.4 Å². The summed E-state index contributed by atoms with van der Waals surface area (Å²) in [5.74, 6) is -0.959. The first-order valence-corrected chi connectivity index (χ1v) is 9.58. The Balaban J connectivity index is 1.93. The van der Waals surface area contributed by atoms with Gasteiger partial charge in [-0.15, -0.1) is 0 Å². The molecule has 0 radical (unpaired) electrons. The van der Waals surface area contributed by atoms with E-state index in [9.17, 15) is 27.6 Å². The number of nitrogens with zero attached hydrogens (tertiary/aromatic N) is 3. The molecule has 0 fully saturated rings. The lowest BCUT2D eigenvalue weighted by Gasteiger charge is -2.14. The zero-order valence-corrected chi connectivity index (χ0v) is 16.1. The molecule has 0 spiro atoms. The predicted octanol–water partition coefficient (Wildman–Crippen LogP) is 5.08. The van der Waals surface area contributed by atoms with Gasteiger partial charge in [0.15, 0.2) is 0 Å². The number of Topliss-reactive ketones (excluding diaryl/α,β-unsaturated/α-hetero) is 1. The minimum atomic E-state index is -4.79. The molecule has 0 aliphatic rings. The molecule has 2 heterocycles. The summed E-state index contributed by atoms with van der Waals surface area (Å²) in [6.07, 6.45) is -1.64. The van der Waals surface area contributed by atoms with Crippen molar-refractivity contribution >= 4 is 17.5 Å². The minimum absolute atomic E-state index is 0.0620. The summed E-state index contributed by atoms with van der Waals surface area (Å²) in [4.78, 5) is 20.3. The highest BCUT2D eigenvalue weighted by molar-refractivity contribution is 8.00. The van der Waals surface area contributed by atoms with E-state index in [0.717, 1.165) is 30.0 Å². The maximum Gasteiger partial charge on any atom is 0.417 e. The number of ketones is 1. The van der Waals surface area contributed by atoms with Crippen LogP contribution in [0, 0.1) is 17.1 Å². The lowest BCUT2D eigenvalue weighted by atomic mass is 10.1. The van der Waals surface area contributed by atoms with Crippen molar-refractivity contribution in [1.82, 2.24) is 9.97 Å². The zero-order valence-electron chi connectivity index (χ0n) is 15.3.